The average molecular weight is 257 g/mol. The highest BCUT2D eigenvalue weighted by Gasteiger charge is 2.10. The molecule has 0 saturated heterocycles. The zero-order valence-corrected chi connectivity index (χ0v) is 10.9. The van der Waals surface area contributed by atoms with Crippen molar-refractivity contribution in [3.8, 4) is 5.75 Å². The Labute approximate surface area is 107 Å². The topological polar surface area (TPSA) is 35.5 Å². The fourth-order valence-electron chi connectivity index (χ4n) is 1.41. The van der Waals surface area contributed by atoms with Gasteiger partial charge in [0.05, 0.1) is 19.6 Å². The number of rotatable bonds is 6. The molecule has 3 nitrogen and oxygen atoms in total. The molecular weight excluding hydrogens is 240 g/mol. The van der Waals surface area contributed by atoms with Crippen LogP contribution in [0, 0.1) is 0 Å². The van der Waals surface area contributed by atoms with Crippen LogP contribution >= 0.6 is 11.6 Å². The van der Waals surface area contributed by atoms with E-state index in [1.54, 1.807) is 25.1 Å². The molecule has 0 atom stereocenters. The minimum atomic E-state index is -0.267. The largest absolute Gasteiger partial charge is 0.493 e. The maximum absolute atomic E-state index is 11.4. The molecule has 0 aliphatic rings. The third-order valence-corrected chi connectivity index (χ3v) is 2.36. The summed E-state index contributed by atoms with van der Waals surface area (Å²) < 4.78 is 10.5. The number of benzene rings is 1. The molecule has 0 aliphatic heterocycles. The van der Waals surface area contributed by atoms with Crippen LogP contribution < -0.4 is 4.74 Å². The van der Waals surface area contributed by atoms with Crippen LogP contribution in [0.4, 0.5) is 0 Å². The van der Waals surface area contributed by atoms with Crippen molar-refractivity contribution in [2.45, 2.75) is 26.7 Å². The van der Waals surface area contributed by atoms with E-state index in [4.69, 9.17) is 21.1 Å². The summed E-state index contributed by atoms with van der Waals surface area (Å²) in [5.74, 6) is 0.431. The molecule has 0 N–H and O–H groups in total. The van der Waals surface area contributed by atoms with Gasteiger partial charge in [0.2, 0.25) is 0 Å². The predicted octanol–water partition coefficient (Wildman–Crippen LogP) is 3.23. The lowest BCUT2D eigenvalue weighted by Gasteiger charge is -2.10. The first kappa shape index (κ1) is 13.8. The van der Waals surface area contributed by atoms with Gasteiger partial charge in [0, 0.05) is 10.6 Å². The molecule has 0 amide bonds. The van der Waals surface area contributed by atoms with E-state index in [1.807, 2.05) is 6.92 Å². The van der Waals surface area contributed by atoms with E-state index in [2.05, 4.69) is 0 Å². The maximum atomic E-state index is 11.4. The third kappa shape index (κ3) is 4.65. The van der Waals surface area contributed by atoms with Crippen LogP contribution in [0.2, 0.25) is 5.02 Å². The summed E-state index contributed by atoms with van der Waals surface area (Å²) in [6.07, 6.45) is 1.11. The van der Waals surface area contributed by atoms with Crippen molar-refractivity contribution < 1.29 is 14.3 Å². The van der Waals surface area contributed by atoms with E-state index in [9.17, 15) is 4.79 Å². The maximum Gasteiger partial charge on any atom is 0.310 e. The first-order valence-electron chi connectivity index (χ1n) is 5.74. The summed E-state index contributed by atoms with van der Waals surface area (Å²) >= 11 is 5.90. The summed E-state index contributed by atoms with van der Waals surface area (Å²) in [6, 6.07) is 5.28. The quantitative estimate of drug-likeness (QED) is 0.733. The standard InChI is InChI=1S/C13H17ClO3/c1-3-7-17-12-6-5-11(14)8-10(12)9-13(15)16-4-2/h5-6,8H,3-4,7,9H2,1-2H3. The van der Waals surface area contributed by atoms with E-state index >= 15 is 0 Å². The second-order valence-corrected chi connectivity index (χ2v) is 4.02. The molecule has 0 radical (unpaired) electrons. The molecule has 1 aromatic carbocycles. The number of hydrogen-bond acceptors (Lipinski definition) is 3. The number of carbonyl (C=O) groups excluding carboxylic acids is 1. The number of halogens is 1. The molecule has 0 bridgehead atoms. The Hall–Kier alpha value is -1.22. The number of hydrogen-bond donors (Lipinski definition) is 0. The number of esters is 1. The van der Waals surface area contributed by atoms with Gasteiger partial charge in [-0.3, -0.25) is 4.79 Å². The molecule has 0 unspecified atom stereocenters. The third-order valence-electron chi connectivity index (χ3n) is 2.12. The summed E-state index contributed by atoms with van der Waals surface area (Å²) in [5, 5.41) is 0.591. The van der Waals surface area contributed by atoms with Crippen molar-refractivity contribution in [2.75, 3.05) is 13.2 Å². The Morgan fingerprint density at radius 3 is 2.76 bits per heavy atom. The molecular formula is C13H17ClO3. The summed E-state index contributed by atoms with van der Waals surface area (Å²) in [7, 11) is 0. The SMILES string of the molecule is CCCOc1ccc(Cl)cc1CC(=O)OCC. The lowest BCUT2D eigenvalue weighted by atomic mass is 10.1. The molecule has 1 aromatic rings. The monoisotopic (exact) mass is 256 g/mol. The highest BCUT2D eigenvalue weighted by Crippen LogP contribution is 2.23. The Balaban J connectivity index is 2.79. The summed E-state index contributed by atoms with van der Waals surface area (Å²) in [5.41, 5.74) is 0.768. The van der Waals surface area contributed by atoms with Crippen LogP contribution in [0.3, 0.4) is 0 Å². The highest BCUT2D eigenvalue weighted by atomic mass is 35.5. The Morgan fingerprint density at radius 2 is 2.12 bits per heavy atom. The highest BCUT2D eigenvalue weighted by molar-refractivity contribution is 6.30. The fraction of sp³-hybridized carbons (Fsp3) is 0.462. The van der Waals surface area contributed by atoms with Crippen LogP contribution in [0.25, 0.3) is 0 Å². The van der Waals surface area contributed by atoms with Crippen LogP contribution in [-0.2, 0) is 16.0 Å². The van der Waals surface area contributed by atoms with Crippen molar-refractivity contribution in [2.24, 2.45) is 0 Å². The number of ether oxygens (including phenoxy) is 2. The van der Waals surface area contributed by atoms with Crippen molar-refractivity contribution in [1.29, 1.82) is 0 Å². The van der Waals surface area contributed by atoms with Crippen molar-refractivity contribution >= 4 is 17.6 Å². The van der Waals surface area contributed by atoms with Gasteiger partial charge in [0.1, 0.15) is 5.75 Å². The second-order valence-electron chi connectivity index (χ2n) is 3.58. The minimum Gasteiger partial charge on any atom is -0.493 e. The second kappa shape index (κ2) is 7.17. The summed E-state index contributed by atoms with van der Waals surface area (Å²) in [6.45, 7) is 4.81. The summed E-state index contributed by atoms with van der Waals surface area (Å²) in [4.78, 5) is 11.4. The molecule has 4 heteroatoms. The van der Waals surface area contributed by atoms with E-state index in [0.29, 0.717) is 24.0 Å². The van der Waals surface area contributed by atoms with Crippen molar-refractivity contribution in [3.05, 3.63) is 28.8 Å². The minimum absolute atomic E-state index is 0.188. The Bertz CT molecular complexity index is 377. The zero-order valence-electron chi connectivity index (χ0n) is 10.2. The normalized spacial score (nSPS) is 10.1. The van der Waals surface area contributed by atoms with Crippen LogP contribution in [0.5, 0.6) is 5.75 Å². The molecule has 0 saturated carbocycles. The van der Waals surface area contributed by atoms with Gasteiger partial charge < -0.3 is 9.47 Å². The molecule has 0 aliphatic carbocycles. The molecule has 94 valence electrons. The van der Waals surface area contributed by atoms with Crippen LogP contribution in [0.15, 0.2) is 18.2 Å². The van der Waals surface area contributed by atoms with Gasteiger partial charge in [-0.05, 0) is 31.5 Å². The van der Waals surface area contributed by atoms with Crippen LogP contribution in [-0.4, -0.2) is 19.2 Å². The van der Waals surface area contributed by atoms with Gasteiger partial charge >= 0.3 is 5.97 Å². The molecule has 0 aromatic heterocycles. The predicted molar refractivity (Wildman–Crippen MR) is 67.6 cm³/mol. The van der Waals surface area contributed by atoms with Gasteiger partial charge in [0.15, 0.2) is 0 Å². The Kier molecular flexibility index (Phi) is 5.84. The van der Waals surface area contributed by atoms with Gasteiger partial charge in [-0.1, -0.05) is 18.5 Å². The lowest BCUT2D eigenvalue weighted by Crippen LogP contribution is -2.09. The van der Waals surface area contributed by atoms with Crippen molar-refractivity contribution in [1.82, 2.24) is 0 Å². The lowest BCUT2D eigenvalue weighted by molar-refractivity contribution is -0.142. The zero-order chi connectivity index (χ0) is 12.7. The first-order chi connectivity index (χ1) is 8.17. The molecule has 0 spiro atoms. The van der Waals surface area contributed by atoms with E-state index in [0.717, 1.165) is 12.0 Å². The Morgan fingerprint density at radius 1 is 1.35 bits per heavy atom. The molecule has 0 heterocycles. The van der Waals surface area contributed by atoms with Crippen molar-refractivity contribution in [3.63, 3.8) is 0 Å². The van der Waals surface area contributed by atoms with Gasteiger partial charge in [-0.25, -0.2) is 0 Å². The smallest absolute Gasteiger partial charge is 0.310 e. The van der Waals surface area contributed by atoms with E-state index in [-0.39, 0.29) is 12.4 Å². The van der Waals surface area contributed by atoms with Gasteiger partial charge in [-0.2, -0.15) is 0 Å². The first-order valence-corrected chi connectivity index (χ1v) is 6.12. The number of carbonyl (C=O) groups is 1. The van der Waals surface area contributed by atoms with Crippen LogP contribution in [0.1, 0.15) is 25.8 Å². The van der Waals surface area contributed by atoms with Gasteiger partial charge in [-0.15, -0.1) is 0 Å². The van der Waals surface area contributed by atoms with E-state index < -0.39 is 0 Å². The molecule has 1 rings (SSSR count). The molecule has 0 fully saturated rings. The molecule has 17 heavy (non-hydrogen) atoms. The average Bonchev–Trinajstić information content (AvgIpc) is 2.28. The van der Waals surface area contributed by atoms with E-state index in [1.165, 1.54) is 0 Å². The van der Waals surface area contributed by atoms with Gasteiger partial charge in [0.25, 0.3) is 0 Å². The fourth-order valence-corrected chi connectivity index (χ4v) is 1.60.